The number of nitrogens with one attached hydrogen (secondary N) is 1. The molecule has 2 aliphatic rings. The largest absolute Gasteiger partial charge is 0.416 e. The second kappa shape index (κ2) is 10.3. The highest BCUT2D eigenvalue weighted by Gasteiger charge is 2.35. The van der Waals surface area contributed by atoms with Crippen LogP contribution < -0.4 is 5.32 Å². The molecule has 0 radical (unpaired) electrons. The summed E-state index contributed by atoms with van der Waals surface area (Å²) in [5, 5.41) is 2.61. The topological polar surface area (TPSA) is 96.0 Å². The number of likely N-dealkylation sites (tertiary alicyclic amines) is 1. The predicted octanol–water partition coefficient (Wildman–Crippen LogP) is 1.72. The van der Waals surface area contributed by atoms with Gasteiger partial charge >= 0.3 is 12.2 Å². The Balaban J connectivity index is 1.74. The van der Waals surface area contributed by atoms with E-state index in [2.05, 4.69) is 5.32 Å². The maximum atomic E-state index is 13.1. The number of rotatable bonds is 5. The minimum absolute atomic E-state index is 0.165. The maximum Gasteiger partial charge on any atom is 0.416 e. The van der Waals surface area contributed by atoms with E-state index in [-0.39, 0.29) is 24.4 Å². The van der Waals surface area contributed by atoms with Crippen molar-refractivity contribution in [3.8, 4) is 0 Å². The lowest BCUT2D eigenvalue weighted by atomic mass is 9.84. The summed E-state index contributed by atoms with van der Waals surface area (Å²) in [7, 11) is -3.47. The van der Waals surface area contributed by atoms with E-state index >= 15 is 0 Å². The molecular formula is C21H28F3N3O5S. The fourth-order valence-electron chi connectivity index (χ4n) is 4.20. The van der Waals surface area contributed by atoms with E-state index in [1.807, 2.05) is 0 Å². The Morgan fingerprint density at radius 2 is 1.73 bits per heavy atom. The molecule has 8 nitrogen and oxygen atoms in total. The molecule has 1 aromatic carbocycles. The molecule has 0 saturated carbocycles. The summed E-state index contributed by atoms with van der Waals surface area (Å²) in [5.74, 6) is -1.65. The van der Waals surface area contributed by atoms with Gasteiger partial charge in [0.25, 0.3) is 0 Å². The van der Waals surface area contributed by atoms with Gasteiger partial charge in [0.05, 0.1) is 18.8 Å². The van der Waals surface area contributed by atoms with E-state index in [0.29, 0.717) is 51.4 Å². The number of benzene rings is 1. The number of alkyl halides is 3. The number of piperidine rings is 1. The molecule has 2 heterocycles. The SMILES string of the molecule is CS(=O)(=O)CC(=O)NCC1CC(c2ccc(C(F)(F)F)cc2)CN(C(=O)N2CCOCC2)C1. The van der Waals surface area contributed by atoms with Crippen molar-refractivity contribution in [3.63, 3.8) is 0 Å². The van der Waals surface area contributed by atoms with Crippen molar-refractivity contribution in [1.29, 1.82) is 0 Å². The quantitative estimate of drug-likeness (QED) is 0.677. The zero-order valence-electron chi connectivity index (χ0n) is 18.3. The van der Waals surface area contributed by atoms with Crippen molar-refractivity contribution in [2.75, 3.05) is 57.9 Å². The molecule has 3 rings (SSSR count). The molecule has 0 bridgehead atoms. The van der Waals surface area contributed by atoms with Gasteiger partial charge in [0.1, 0.15) is 5.75 Å². The van der Waals surface area contributed by atoms with Gasteiger partial charge in [-0.05, 0) is 30.0 Å². The number of halogens is 3. The molecule has 2 fully saturated rings. The lowest BCUT2D eigenvalue weighted by molar-refractivity contribution is -0.137. The monoisotopic (exact) mass is 491 g/mol. The van der Waals surface area contributed by atoms with Gasteiger partial charge in [0, 0.05) is 44.9 Å². The molecule has 2 saturated heterocycles. The van der Waals surface area contributed by atoms with Crippen LogP contribution in [0, 0.1) is 5.92 Å². The number of carbonyl (C=O) groups excluding carboxylic acids is 2. The third-order valence-electron chi connectivity index (χ3n) is 5.78. The first kappa shape index (κ1) is 25.3. The third-order valence-corrected chi connectivity index (χ3v) is 6.57. The number of sulfone groups is 1. The van der Waals surface area contributed by atoms with Gasteiger partial charge in [-0.3, -0.25) is 4.79 Å². The smallest absolute Gasteiger partial charge is 0.378 e. The first-order valence-electron chi connectivity index (χ1n) is 10.7. The summed E-state index contributed by atoms with van der Waals surface area (Å²) >= 11 is 0. The predicted molar refractivity (Wildman–Crippen MR) is 114 cm³/mol. The zero-order chi connectivity index (χ0) is 24.2. The van der Waals surface area contributed by atoms with Crippen LogP contribution >= 0.6 is 0 Å². The number of morpholine rings is 1. The third kappa shape index (κ3) is 7.32. The fourth-order valence-corrected chi connectivity index (χ4v) is 4.77. The summed E-state index contributed by atoms with van der Waals surface area (Å²) < 4.78 is 66.8. The Kier molecular flexibility index (Phi) is 7.88. The molecule has 2 atom stereocenters. The van der Waals surface area contributed by atoms with Crippen LogP contribution in [0.15, 0.2) is 24.3 Å². The van der Waals surface area contributed by atoms with Crippen LogP contribution in [0.2, 0.25) is 0 Å². The lowest BCUT2D eigenvalue weighted by Crippen LogP contribution is -2.53. The molecule has 0 spiro atoms. The highest BCUT2D eigenvalue weighted by atomic mass is 32.2. The van der Waals surface area contributed by atoms with Crippen molar-refractivity contribution in [3.05, 3.63) is 35.4 Å². The van der Waals surface area contributed by atoms with E-state index in [9.17, 15) is 31.2 Å². The number of carbonyl (C=O) groups is 2. The second-order valence-electron chi connectivity index (χ2n) is 8.58. The van der Waals surface area contributed by atoms with Crippen LogP contribution in [-0.2, 0) is 25.5 Å². The fraction of sp³-hybridized carbons (Fsp3) is 0.619. The molecule has 0 aromatic heterocycles. The minimum Gasteiger partial charge on any atom is -0.378 e. The van der Waals surface area contributed by atoms with E-state index in [1.165, 1.54) is 12.1 Å². The average molecular weight is 492 g/mol. The Morgan fingerprint density at radius 1 is 1.09 bits per heavy atom. The molecular weight excluding hydrogens is 463 g/mol. The maximum absolute atomic E-state index is 13.1. The number of ether oxygens (including phenoxy) is 1. The summed E-state index contributed by atoms with van der Waals surface area (Å²) in [4.78, 5) is 28.4. The van der Waals surface area contributed by atoms with Gasteiger partial charge in [0.2, 0.25) is 5.91 Å². The minimum atomic E-state index is -4.43. The van der Waals surface area contributed by atoms with E-state index in [0.717, 1.165) is 18.4 Å². The van der Waals surface area contributed by atoms with Crippen molar-refractivity contribution in [1.82, 2.24) is 15.1 Å². The molecule has 0 aliphatic carbocycles. The van der Waals surface area contributed by atoms with E-state index < -0.39 is 33.2 Å². The van der Waals surface area contributed by atoms with Crippen LogP contribution in [0.5, 0.6) is 0 Å². The summed E-state index contributed by atoms with van der Waals surface area (Å²) in [6.45, 7) is 2.64. The number of urea groups is 1. The lowest BCUT2D eigenvalue weighted by Gasteiger charge is -2.41. The molecule has 2 aliphatic heterocycles. The number of nitrogens with zero attached hydrogens (tertiary/aromatic N) is 2. The van der Waals surface area contributed by atoms with Crippen LogP contribution in [0.1, 0.15) is 23.5 Å². The van der Waals surface area contributed by atoms with Crippen LogP contribution in [0.3, 0.4) is 0 Å². The molecule has 184 valence electrons. The summed E-state index contributed by atoms with van der Waals surface area (Å²) in [5.41, 5.74) is -0.0668. The van der Waals surface area contributed by atoms with Crippen molar-refractivity contribution < 1.29 is 35.9 Å². The van der Waals surface area contributed by atoms with Gasteiger partial charge in [-0.2, -0.15) is 13.2 Å². The molecule has 1 N–H and O–H groups in total. The van der Waals surface area contributed by atoms with Gasteiger partial charge in [-0.1, -0.05) is 12.1 Å². The molecule has 1 aromatic rings. The van der Waals surface area contributed by atoms with E-state index in [4.69, 9.17) is 4.74 Å². The Morgan fingerprint density at radius 3 is 2.30 bits per heavy atom. The second-order valence-corrected chi connectivity index (χ2v) is 10.7. The number of hydrogen-bond donors (Lipinski definition) is 1. The van der Waals surface area contributed by atoms with Crippen LogP contribution in [0.25, 0.3) is 0 Å². The molecule has 3 amide bonds. The Hall–Kier alpha value is -2.34. The molecule has 2 unspecified atom stereocenters. The Bertz CT molecular complexity index is 947. The highest BCUT2D eigenvalue weighted by Crippen LogP contribution is 2.34. The summed E-state index contributed by atoms with van der Waals surface area (Å²) in [6.07, 6.45) is -2.93. The molecule has 33 heavy (non-hydrogen) atoms. The standard InChI is InChI=1S/C21H28F3N3O5S/c1-33(30,31)14-19(28)25-11-15-10-17(16-2-4-18(5-3-16)21(22,23)24)13-27(12-15)20(29)26-6-8-32-9-7-26/h2-5,15,17H,6-14H2,1H3,(H,25,28). The number of amides is 3. The van der Waals surface area contributed by atoms with Gasteiger partial charge in [0.15, 0.2) is 9.84 Å². The van der Waals surface area contributed by atoms with Crippen molar-refractivity contribution >= 4 is 21.8 Å². The average Bonchev–Trinajstić information content (AvgIpc) is 2.76. The normalized spacial score (nSPS) is 22.2. The van der Waals surface area contributed by atoms with Crippen LogP contribution in [-0.4, -0.2) is 88.1 Å². The van der Waals surface area contributed by atoms with Crippen molar-refractivity contribution in [2.24, 2.45) is 5.92 Å². The van der Waals surface area contributed by atoms with E-state index in [1.54, 1.807) is 9.80 Å². The zero-order valence-corrected chi connectivity index (χ0v) is 19.1. The van der Waals surface area contributed by atoms with Gasteiger partial charge < -0.3 is 19.9 Å². The van der Waals surface area contributed by atoms with Gasteiger partial charge in [-0.25, -0.2) is 13.2 Å². The first-order valence-corrected chi connectivity index (χ1v) is 12.7. The first-order chi connectivity index (χ1) is 15.4. The van der Waals surface area contributed by atoms with Crippen molar-refractivity contribution in [2.45, 2.75) is 18.5 Å². The Labute approximate surface area is 191 Å². The molecule has 12 heteroatoms. The number of hydrogen-bond acceptors (Lipinski definition) is 5. The summed E-state index contributed by atoms with van der Waals surface area (Å²) in [6, 6.07) is 4.73. The highest BCUT2D eigenvalue weighted by molar-refractivity contribution is 7.91. The van der Waals surface area contributed by atoms with Gasteiger partial charge in [-0.15, -0.1) is 0 Å². The van der Waals surface area contributed by atoms with Crippen LogP contribution in [0.4, 0.5) is 18.0 Å².